The molecule has 1 fully saturated rings. The van der Waals surface area contributed by atoms with Crippen LogP contribution >= 0.6 is 12.2 Å². The normalized spacial score (nSPS) is 14.6. The Morgan fingerprint density at radius 1 is 1.33 bits per heavy atom. The maximum absolute atomic E-state index is 12.7. The third-order valence-corrected chi connectivity index (χ3v) is 5.78. The van der Waals surface area contributed by atoms with Crippen LogP contribution in [0.2, 0.25) is 0 Å². The van der Waals surface area contributed by atoms with Gasteiger partial charge < -0.3 is 24.7 Å². The lowest BCUT2D eigenvalue weighted by Gasteiger charge is -2.31. The molecule has 0 bridgehead atoms. The van der Waals surface area contributed by atoms with Gasteiger partial charge in [0.2, 0.25) is 0 Å². The van der Waals surface area contributed by atoms with Crippen LogP contribution in [0.3, 0.4) is 0 Å². The summed E-state index contributed by atoms with van der Waals surface area (Å²) in [6, 6.07) is 7.59. The van der Waals surface area contributed by atoms with E-state index in [2.05, 4.69) is 27.0 Å². The predicted molar refractivity (Wildman–Crippen MR) is 124 cm³/mol. The Kier molecular flexibility index (Phi) is 8.48. The molecule has 0 atom stereocenters. The van der Waals surface area contributed by atoms with Crippen molar-refractivity contribution < 1.29 is 9.47 Å². The lowest BCUT2D eigenvalue weighted by molar-refractivity contribution is 0.0357. The highest BCUT2D eigenvalue weighted by molar-refractivity contribution is 7.80. The number of hydrogen-bond acceptors (Lipinski definition) is 5. The van der Waals surface area contributed by atoms with Crippen LogP contribution in [-0.4, -0.2) is 72.9 Å². The number of aromatic amines is 1. The van der Waals surface area contributed by atoms with Crippen molar-refractivity contribution in [2.45, 2.75) is 26.3 Å². The largest absolute Gasteiger partial charge is 0.497 e. The van der Waals surface area contributed by atoms with Crippen LogP contribution < -0.4 is 15.6 Å². The molecule has 0 aliphatic carbocycles. The lowest BCUT2D eigenvalue weighted by Crippen LogP contribution is -2.46. The summed E-state index contributed by atoms with van der Waals surface area (Å²) in [5, 5.41) is 4.99. The SMILES string of the molecule is CCCCNC(=S)N(CCN1CCOCC1)Cc1cc2cc(OC)ccc2[nH]c1=O. The van der Waals surface area contributed by atoms with E-state index >= 15 is 0 Å². The van der Waals surface area contributed by atoms with Crippen LogP contribution in [-0.2, 0) is 11.3 Å². The predicted octanol–water partition coefficient (Wildman–Crippen LogP) is 2.35. The van der Waals surface area contributed by atoms with E-state index in [-0.39, 0.29) is 5.56 Å². The molecule has 2 N–H and O–H groups in total. The van der Waals surface area contributed by atoms with Gasteiger partial charge in [-0.25, -0.2) is 0 Å². The molecule has 0 amide bonds. The Bertz CT molecular complexity index is 896. The summed E-state index contributed by atoms with van der Waals surface area (Å²) in [6.07, 6.45) is 2.17. The molecule has 30 heavy (non-hydrogen) atoms. The van der Waals surface area contributed by atoms with Crippen molar-refractivity contribution in [1.82, 2.24) is 20.1 Å². The molecule has 3 rings (SSSR count). The summed E-state index contributed by atoms with van der Waals surface area (Å²) in [5.74, 6) is 0.765. The minimum atomic E-state index is -0.0830. The van der Waals surface area contributed by atoms with E-state index < -0.39 is 0 Å². The molecule has 0 saturated carbocycles. The summed E-state index contributed by atoms with van der Waals surface area (Å²) in [4.78, 5) is 20.2. The van der Waals surface area contributed by atoms with E-state index in [1.807, 2.05) is 24.3 Å². The Hall–Kier alpha value is -2.16. The van der Waals surface area contributed by atoms with Gasteiger partial charge in [0, 0.05) is 49.2 Å². The molecular weight excluding hydrogens is 400 g/mol. The molecule has 2 aromatic rings. The second kappa shape index (κ2) is 11.3. The molecule has 7 nitrogen and oxygen atoms in total. The number of rotatable bonds is 9. The first-order valence-corrected chi connectivity index (χ1v) is 11.0. The smallest absolute Gasteiger partial charge is 0.253 e. The zero-order valence-corrected chi connectivity index (χ0v) is 18.7. The van der Waals surface area contributed by atoms with Gasteiger partial charge in [0.15, 0.2) is 5.11 Å². The zero-order chi connectivity index (χ0) is 21.3. The number of benzene rings is 1. The maximum Gasteiger partial charge on any atom is 0.253 e. The highest BCUT2D eigenvalue weighted by Gasteiger charge is 2.16. The lowest BCUT2D eigenvalue weighted by atomic mass is 10.1. The molecule has 1 aliphatic heterocycles. The van der Waals surface area contributed by atoms with E-state index in [9.17, 15) is 4.79 Å². The van der Waals surface area contributed by atoms with Crippen LogP contribution in [0.1, 0.15) is 25.3 Å². The Morgan fingerprint density at radius 2 is 2.13 bits per heavy atom. The molecule has 1 aromatic heterocycles. The number of H-pyrrole nitrogens is 1. The number of nitrogens with zero attached hydrogens (tertiary/aromatic N) is 2. The van der Waals surface area contributed by atoms with Gasteiger partial charge in [-0.1, -0.05) is 13.3 Å². The fourth-order valence-electron chi connectivity index (χ4n) is 3.50. The number of nitrogens with one attached hydrogen (secondary N) is 2. The monoisotopic (exact) mass is 432 g/mol. The highest BCUT2D eigenvalue weighted by atomic mass is 32.1. The fourth-order valence-corrected chi connectivity index (χ4v) is 3.76. The van der Waals surface area contributed by atoms with Crippen molar-refractivity contribution in [3.05, 3.63) is 40.2 Å². The van der Waals surface area contributed by atoms with Gasteiger partial charge in [0.25, 0.3) is 5.56 Å². The molecule has 1 saturated heterocycles. The van der Waals surface area contributed by atoms with Crippen molar-refractivity contribution >= 4 is 28.2 Å². The van der Waals surface area contributed by atoms with Crippen molar-refractivity contribution in [3.63, 3.8) is 0 Å². The number of hydrogen-bond donors (Lipinski definition) is 2. The van der Waals surface area contributed by atoms with E-state index in [1.165, 1.54) is 0 Å². The van der Waals surface area contributed by atoms with E-state index in [0.29, 0.717) is 17.2 Å². The molecule has 0 unspecified atom stereocenters. The average Bonchev–Trinajstić information content (AvgIpc) is 2.77. The minimum Gasteiger partial charge on any atom is -0.497 e. The second-order valence-electron chi connectivity index (χ2n) is 7.54. The van der Waals surface area contributed by atoms with Crippen molar-refractivity contribution in [1.29, 1.82) is 0 Å². The Labute approximate surface area is 183 Å². The third-order valence-electron chi connectivity index (χ3n) is 5.37. The van der Waals surface area contributed by atoms with Crippen LogP contribution in [0.4, 0.5) is 0 Å². The van der Waals surface area contributed by atoms with Gasteiger partial charge in [-0.2, -0.15) is 0 Å². The third kappa shape index (κ3) is 6.17. The summed E-state index contributed by atoms with van der Waals surface area (Å²) in [5.41, 5.74) is 1.41. The molecule has 1 aliphatic rings. The number of methoxy groups -OCH3 is 1. The Morgan fingerprint density at radius 3 is 2.87 bits per heavy atom. The zero-order valence-electron chi connectivity index (χ0n) is 17.9. The number of pyridine rings is 1. The summed E-state index contributed by atoms with van der Waals surface area (Å²) >= 11 is 5.67. The highest BCUT2D eigenvalue weighted by Crippen LogP contribution is 2.19. The summed E-state index contributed by atoms with van der Waals surface area (Å²) in [7, 11) is 1.64. The van der Waals surface area contributed by atoms with E-state index in [0.717, 1.165) is 75.4 Å². The molecule has 8 heteroatoms. The molecular formula is C22H32N4O3S. The summed E-state index contributed by atoms with van der Waals surface area (Å²) < 4.78 is 10.8. The van der Waals surface area contributed by atoms with Crippen LogP contribution in [0, 0.1) is 0 Å². The Balaban J connectivity index is 1.76. The molecule has 164 valence electrons. The molecule has 0 radical (unpaired) electrons. The number of thiocarbonyl (C=S) groups is 1. The van der Waals surface area contributed by atoms with Crippen LogP contribution in [0.25, 0.3) is 10.9 Å². The second-order valence-corrected chi connectivity index (χ2v) is 7.92. The minimum absolute atomic E-state index is 0.0830. The standard InChI is InChI=1S/C22H32N4O3S/c1-3-4-7-23-22(30)26(9-8-25-10-12-29-13-11-25)16-18-14-17-15-19(28-2)5-6-20(17)24-21(18)27/h5-6,14-15H,3-4,7-13,16H2,1-2H3,(H,23,30)(H,24,27). The van der Waals surface area contributed by atoms with Gasteiger partial charge in [0.1, 0.15) is 5.75 Å². The molecule has 1 aromatic carbocycles. The molecule has 0 spiro atoms. The first kappa shape index (κ1) is 22.5. The fraction of sp³-hybridized carbons (Fsp3) is 0.545. The number of morpholine rings is 1. The number of aromatic nitrogens is 1. The number of unbranched alkanes of at least 4 members (excludes halogenated alkanes) is 1. The number of fused-ring (bicyclic) bond motifs is 1. The van der Waals surface area contributed by atoms with Crippen LogP contribution in [0.5, 0.6) is 5.75 Å². The summed E-state index contributed by atoms with van der Waals surface area (Å²) in [6.45, 7) is 8.51. The van der Waals surface area contributed by atoms with Crippen molar-refractivity contribution in [2.75, 3.05) is 53.0 Å². The van der Waals surface area contributed by atoms with E-state index in [4.69, 9.17) is 21.7 Å². The van der Waals surface area contributed by atoms with Crippen molar-refractivity contribution in [2.24, 2.45) is 0 Å². The van der Waals surface area contributed by atoms with E-state index in [1.54, 1.807) is 7.11 Å². The first-order chi connectivity index (χ1) is 14.6. The van der Waals surface area contributed by atoms with Crippen molar-refractivity contribution in [3.8, 4) is 5.75 Å². The average molecular weight is 433 g/mol. The first-order valence-electron chi connectivity index (χ1n) is 10.6. The quantitative estimate of drug-likeness (QED) is 0.466. The van der Waals surface area contributed by atoms with Crippen LogP contribution in [0.15, 0.2) is 29.1 Å². The number of ether oxygens (including phenoxy) is 2. The van der Waals surface area contributed by atoms with Gasteiger partial charge in [-0.05, 0) is 42.9 Å². The van der Waals surface area contributed by atoms with Gasteiger partial charge >= 0.3 is 0 Å². The van der Waals surface area contributed by atoms with Gasteiger partial charge in [-0.3, -0.25) is 9.69 Å². The topological polar surface area (TPSA) is 69.8 Å². The van der Waals surface area contributed by atoms with Gasteiger partial charge in [0.05, 0.1) is 26.9 Å². The maximum atomic E-state index is 12.7. The molecule has 2 heterocycles. The van der Waals surface area contributed by atoms with Gasteiger partial charge in [-0.15, -0.1) is 0 Å².